The van der Waals surface area contributed by atoms with Crippen LogP contribution in [-0.4, -0.2) is 63.8 Å². The molecule has 1 saturated heterocycles. The van der Waals surface area contributed by atoms with Crippen LogP contribution < -0.4 is 10.6 Å². The number of alkyl carbamates (subject to hydrolysis) is 1. The number of rotatable bonds is 7. The molecule has 1 fully saturated rings. The molecule has 0 saturated carbocycles. The van der Waals surface area contributed by atoms with Crippen LogP contribution in [0.25, 0.3) is 0 Å². The van der Waals surface area contributed by atoms with Gasteiger partial charge in [-0.2, -0.15) is 0 Å². The van der Waals surface area contributed by atoms with Crippen molar-refractivity contribution in [2.75, 3.05) is 6.54 Å². The lowest BCUT2D eigenvalue weighted by molar-refractivity contribution is -0.138. The smallest absolute Gasteiger partial charge is 0.408 e. The molecule has 9 nitrogen and oxygen atoms in total. The standard InChI is InChI=1S/C23H34N4O5/c1-14(2)18(26-20(29)15(3)25-22(31)32-23(4,5)6)21(30)27-13-9-11-17(27)19(28)16-10-7-8-12-24-16/h7-8,10,12,14-15,17-18H,9,11,13H2,1-6H3,(H,25,31)(H,26,29)/t15-,17-,18-/m0/s1. The van der Waals surface area contributed by atoms with Gasteiger partial charge < -0.3 is 20.3 Å². The summed E-state index contributed by atoms with van der Waals surface area (Å²) in [6, 6.07) is 2.76. The maximum Gasteiger partial charge on any atom is 0.408 e. The zero-order valence-electron chi connectivity index (χ0n) is 19.7. The zero-order valence-corrected chi connectivity index (χ0v) is 19.7. The fourth-order valence-electron chi connectivity index (χ4n) is 3.50. The number of amides is 3. The molecule has 0 spiro atoms. The lowest BCUT2D eigenvalue weighted by atomic mass is 10.0. The van der Waals surface area contributed by atoms with Crippen molar-refractivity contribution in [3.05, 3.63) is 30.1 Å². The number of carbonyl (C=O) groups excluding carboxylic acids is 4. The molecule has 0 radical (unpaired) electrons. The summed E-state index contributed by atoms with van der Waals surface area (Å²) in [6.45, 7) is 10.8. The number of likely N-dealkylation sites (tertiary alicyclic amines) is 1. The van der Waals surface area contributed by atoms with Gasteiger partial charge >= 0.3 is 6.09 Å². The van der Waals surface area contributed by atoms with Crippen LogP contribution in [0.15, 0.2) is 24.4 Å². The lowest BCUT2D eigenvalue weighted by Gasteiger charge is -2.31. The molecule has 2 N–H and O–H groups in total. The van der Waals surface area contributed by atoms with Crippen LogP contribution in [0.1, 0.15) is 64.9 Å². The Balaban J connectivity index is 2.07. The predicted molar refractivity (Wildman–Crippen MR) is 119 cm³/mol. The molecule has 0 bridgehead atoms. The summed E-state index contributed by atoms with van der Waals surface area (Å²) >= 11 is 0. The number of nitrogens with zero attached hydrogens (tertiary/aromatic N) is 2. The minimum absolute atomic E-state index is 0.203. The van der Waals surface area contributed by atoms with Crippen molar-refractivity contribution in [1.82, 2.24) is 20.5 Å². The zero-order chi connectivity index (χ0) is 24.1. The van der Waals surface area contributed by atoms with Crippen molar-refractivity contribution in [3.8, 4) is 0 Å². The number of carbonyl (C=O) groups is 4. The van der Waals surface area contributed by atoms with Gasteiger partial charge in [0, 0.05) is 12.7 Å². The Morgan fingerprint density at radius 2 is 1.81 bits per heavy atom. The van der Waals surface area contributed by atoms with Crippen molar-refractivity contribution in [1.29, 1.82) is 0 Å². The highest BCUT2D eigenvalue weighted by molar-refractivity contribution is 6.01. The highest BCUT2D eigenvalue weighted by Crippen LogP contribution is 2.23. The number of aromatic nitrogens is 1. The molecule has 0 unspecified atom stereocenters. The molecule has 0 aromatic carbocycles. The van der Waals surface area contributed by atoms with Gasteiger partial charge in [-0.15, -0.1) is 0 Å². The summed E-state index contributed by atoms with van der Waals surface area (Å²) < 4.78 is 5.17. The van der Waals surface area contributed by atoms with E-state index < -0.39 is 35.7 Å². The highest BCUT2D eigenvalue weighted by Gasteiger charge is 2.39. The Morgan fingerprint density at radius 3 is 2.38 bits per heavy atom. The molecule has 9 heteroatoms. The van der Waals surface area contributed by atoms with Gasteiger partial charge in [0.05, 0.1) is 6.04 Å². The van der Waals surface area contributed by atoms with E-state index >= 15 is 0 Å². The predicted octanol–water partition coefficient (Wildman–Crippen LogP) is 2.31. The molecule has 32 heavy (non-hydrogen) atoms. The number of ketones is 1. The first-order valence-electron chi connectivity index (χ1n) is 11.0. The second kappa shape index (κ2) is 10.6. The summed E-state index contributed by atoms with van der Waals surface area (Å²) in [5.41, 5.74) is -0.376. The van der Waals surface area contributed by atoms with E-state index in [2.05, 4.69) is 15.6 Å². The first kappa shape index (κ1) is 25.3. The number of ether oxygens (including phenoxy) is 1. The van der Waals surface area contributed by atoms with Crippen molar-refractivity contribution in [3.63, 3.8) is 0 Å². The first-order chi connectivity index (χ1) is 14.9. The van der Waals surface area contributed by atoms with Gasteiger partial charge in [-0.25, -0.2) is 4.79 Å². The average Bonchev–Trinajstić information content (AvgIpc) is 3.19. The molecule has 2 rings (SSSR count). The van der Waals surface area contributed by atoms with Crippen LogP contribution in [-0.2, 0) is 14.3 Å². The molecule has 2 heterocycles. The van der Waals surface area contributed by atoms with Gasteiger partial charge in [0.25, 0.3) is 0 Å². The number of Topliss-reactive ketones (excluding diaryl/α,β-unsaturated/α-hetero) is 1. The normalized spacial score (nSPS) is 18.1. The topological polar surface area (TPSA) is 118 Å². The maximum atomic E-state index is 13.3. The quantitative estimate of drug-likeness (QED) is 0.621. The van der Waals surface area contributed by atoms with Gasteiger partial charge in [-0.3, -0.25) is 19.4 Å². The van der Waals surface area contributed by atoms with Gasteiger partial charge in [-0.05, 0) is 58.6 Å². The molecule has 176 valence electrons. The highest BCUT2D eigenvalue weighted by atomic mass is 16.6. The van der Waals surface area contributed by atoms with Crippen molar-refractivity contribution >= 4 is 23.7 Å². The van der Waals surface area contributed by atoms with Gasteiger partial charge in [0.1, 0.15) is 23.4 Å². The molecule has 1 aromatic rings. The Labute approximate surface area is 189 Å². The fraction of sp³-hybridized carbons (Fsp3) is 0.609. The number of nitrogens with one attached hydrogen (secondary N) is 2. The number of pyridine rings is 1. The van der Waals surface area contributed by atoms with Gasteiger partial charge in [-0.1, -0.05) is 19.9 Å². The summed E-state index contributed by atoms with van der Waals surface area (Å²) in [7, 11) is 0. The third kappa shape index (κ3) is 6.77. The average molecular weight is 447 g/mol. The monoisotopic (exact) mass is 446 g/mol. The van der Waals surface area contributed by atoms with Crippen LogP contribution in [0, 0.1) is 5.92 Å². The van der Waals surface area contributed by atoms with E-state index in [1.165, 1.54) is 11.8 Å². The molecule has 1 aliphatic rings. The van der Waals surface area contributed by atoms with Crippen molar-refractivity contribution < 1.29 is 23.9 Å². The molecular weight excluding hydrogens is 412 g/mol. The Morgan fingerprint density at radius 1 is 1.12 bits per heavy atom. The van der Waals surface area contributed by atoms with E-state index in [-0.39, 0.29) is 17.6 Å². The Hall–Kier alpha value is -2.97. The van der Waals surface area contributed by atoms with Crippen LogP contribution in [0.5, 0.6) is 0 Å². The molecule has 0 aliphatic carbocycles. The van der Waals surface area contributed by atoms with Crippen LogP contribution in [0.3, 0.4) is 0 Å². The number of hydrogen-bond acceptors (Lipinski definition) is 6. The van der Waals surface area contributed by atoms with Crippen molar-refractivity contribution in [2.45, 2.75) is 78.1 Å². The molecule has 3 atom stereocenters. The molecule has 3 amide bonds. The first-order valence-corrected chi connectivity index (χ1v) is 11.0. The van der Waals surface area contributed by atoms with Gasteiger partial charge in [0.15, 0.2) is 0 Å². The molecule has 1 aliphatic heterocycles. The summed E-state index contributed by atoms with van der Waals surface area (Å²) in [6.07, 6.45) is 2.08. The third-order valence-electron chi connectivity index (χ3n) is 5.11. The summed E-state index contributed by atoms with van der Waals surface area (Å²) in [5, 5.41) is 5.21. The van der Waals surface area contributed by atoms with Gasteiger partial charge in [0.2, 0.25) is 17.6 Å². The fourth-order valence-corrected chi connectivity index (χ4v) is 3.50. The minimum Gasteiger partial charge on any atom is -0.444 e. The van der Waals surface area contributed by atoms with Crippen molar-refractivity contribution in [2.24, 2.45) is 5.92 Å². The van der Waals surface area contributed by atoms with E-state index in [4.69, 9.17) is 4.74 Å². The largest absolute Gasteiger partial charge is 0.444 e. The van der Waals surface area contributed by atoms with E-state index in [0.717, 1.165) is 0 Å². The maximum absolute atomic E-state index is 13.3. The van der Waals surface area contributed by atoms with Crippen LogP contribution >= 0.6 is 0 Å². The lowest BCUT2D eigenvalue weighted by Crippen LogP contribution is -2.57. The number of hydrogen-bond donors (Lipinski definition) is 2. The third-order valence-corrected chi connectivity index (χ3v) is 5.11. The summed E-state index contributed by atoms with van der Waals surface area (Å²) in [5.74, 6) is -1.24. The second-order valence-corrected chi connectivity index (χ2v) is 9.37. The molecular formula is C23H34N4O5. The van der Waals surface area contributed by atoms with E-state index in [1.54, 1.807) is 45.2 Å². The van der Waals surface area contributed by atoms with E-state index in [0.29, 0.717) is 25.1 Å². The minimum atomic E-state index is -0.900. The van der Waals surface area contributed by atoms with E-state index in [9.17, 15) is 19.2 Å². The van der Waals surface area contributed by atoms with E-state index in [1.807, 2.05) is 13.8 Å². The Kier molecular flexibility index (Phi) is 8.35. The van der Waals surface area contributed by atoms with Crippen LogP contribution in [0.4, 0.5) is 4.79 Å². The second-order valence-electron chi connectivity index (χ2n) is 9.37. The Bertz CT molecular complexity index is 835. The molecule has 1 aromatic heterocycles. The SMILES string of the molecule is CC(C)[C@H](NC(=O)[C@H](C)NC(=O)OC(C)(C)C)C(=O)N1CCC[C@H]1C(=O)c1ccccn1. The summed E-state index contributed by atoms with van der Waals surface area (Å²) in [4.78, 5) is 56.5. The van der Waals surface area contributed by atoms with Crippen LogP contribution in [0.2, 0.25) is 0 Å².